The van der Waals surface area contributed by atoms with E-state index in [1.165, 1.54) is 78.6 Å². The number of thioether (sulfide) groups is 2. The second-order valence-electron chi connectivity index (χ2n) is 11.1. The van der Waals surface area contributed by atoms with Gasteiger partial charge in [0.25, 0.3) is 0 Å². The van der Waals surface area contributed by atoms with E-state index in [-0.39, 0.29) is 10.8 Å². The molecule has 0 nitrogen and oxygen atoms in total. The largest absolute Gasteiger partial charge is 0.126 e. The summed E-state index contributed by atoms with van der Waals surface area (Å²) in [7, 11) is 0. The Balaban J connectivity index is 1.48. The van der Waals surface area contributed by atoms with Crippen molar-refractivity contribution in [2.45, 2.75) is 61.2 Å². The lowest BCUT2D eigenvalue weighted by atomic mass is 9.80. The van der Waals surface area contributed by atoms with Crippen LogP contribution in [0.4, 0.5) is 0 Å². The first kappa shape index (κ1) is 22.3. The van der Waals surface area contributed by atoms with Crippen molar-refractivity contribution in [3.63, 3.8) is 0 Å². The molecule has 4 aliphatic rings. The smallest absolute Gasteiger partial charge is 0.0110 e. The van der Waals surface area contributed by atoms with Crippen LogP contribution < -0.4 is 0 Å². The van der Waals surface area contributed by atoms with Gasteiger partial charge in [-0.05, 0) is 110 Å². The summed E-state index contributed by atoms with van der Waals surface area (Å²) in [5.41, 5.74) is 11.4. The third-order valence-electron chi connectivity index (χ3n) is 7.91. The van der Waals surface area contributed by atoms with E-state index < -0.39 is 0 Å². The van der Waals surface area contributed by atoms with E-state index in [9.17, 15) is 0 Å². The molecule has 0 atom stereocenters. The maximum absolute atomic E-state index is 2.46. The standard InChI is InChI=1S/C32H32S2/c1-31(2)14-16-33-29-12-9-22(19-27(29)31)21-8-11-26(25-7-5-6-23(25)18-21)24-10-13-30-28(20-24)32(3,4)15-17-34-30/h5-13,18-20H,14-17H2,1-4H3. The molecule has 2 aliphatic heterocycles. The van der Waals surface area contributed by atoms with E-state index in [1.807, 2.05) is 23.5 Å². The third-order valence-corrected chi connectivity index (χ3v) is 10.1. The Bertz CT molecular complexity index is 1360. The Morgan fingerprint density at radius 1 is 0.529 bits per heavy atom. The van der Waals surface area contributed by atoms with Gasteiger partial charge in [-0.25, -0.2) is 0 Å². The first-order valence-corrected chi connectivity index (χ1v) is 14.4. The average Bonchev–Trinajstić information content (AvgIpc) is 3.18. The van der Waals surface area contributed by atoms with Crippen molar-refractivity contribution in [1.82, 2.24) is 0 Å². The summed E-state index contributed by atoms with van der Waals surface area (Å²) in [6.07, 6.45) is 2.47. The third kappa shape index (κ3) is 3.80. The van der Waals surface area contributed by atoms with Gasteiger partial charge in [-0.15, -0.1) is 23.5 Å². The first-order chi connectivity index (χ1) is 16.3. The van der Waals surface area contributed by atoms with Gasteiger partial charge in [0.05, 0.1) is 0 Å². The summed E-state index contributed by atoms with van der Waals surface area (Å²) < 4.78 is 0. The maximum Gasteiger partial charge on any atom is 0.0110 e. The number of benzene rings is 2. The molecule has 0 N–H and O–H groups in total. The molecule has 0 aromatic heterocycles. The summed E-state index contributed by atoms with van der Waals surface area (Å²) >= 11 is 4.01. The Morgan fingerprint density at radius 2 is 1.03 bits per heavy atom. The summed E-state index contributed by atoms with van der Waals surface area (Å²) in [5, 5.41) is 0. The number of hydrogen-bond donors (Lipinski definition) is 0. The molecule has 0 saturated heterocycles. The highest BCUT2D eigenvalue weighted by Gasteiger charge is 2.29. The minimum absolute atomic E-state index is 0.234. The zero-order chi connectivity index (χ0) is 23.5. The van der Waals surface area contributed by atoms with Gasteiger partial charge in [0, 0.05) is 9.79 Å². The monoisotopic (exact) mass is 480 g/mol. The van der Waals surface area contributed by atoms with Crippen LogP contribution >= 0.6 is 23.5 Å². The molecule has 34 heavy (non-hydrogen) atoms. The van der Waals surface area contributed by atoms with Crippen molar-refractivity contribution in [3.05, 3.63) is 83.9 Å². The van der Waals surface area contributed by atoms with Gasteiger partial charge in [-0.2, -0.15) is 0 Å². The van der Waals surface area contributed by atoms with E-state index >= 15 is 0 Å². The van der Waals surface area contributed by atoms with E-state index in [0.29, 0.717) is 0 Å². The Hall–Kier alpha value is -2.16. The maximum atomic E-state index is 2.46. The zero-order valence-corrected chi connectivity index (χ0v) is 22.2. The molecule has 2 aromatic carbocycles. The highest BCUT2D eigenvalue weighted by Crippen LogP contribution is 2.46. The molecule has 0 radical (unpaired) electrons. The van der Waals surface area contributed by atoms with Crippen LogP contribution in [-0.4, -0.2) is 11.5 Å². The van der Waals surface area contributed by atoms with Gasteiger partial charge < -0.3 is 0 Å². The van der Waals surface area contributed by atoms with Crippen LogP contribution in [0.25, 0.3) is 33.4 Å². The van der Waals surface area contributed by atoms with Crippen LogP contribution in [-0.2, 0) is 10.8 Å². The second-order valence-corrected chi connectivity index (χ2v) is 13.4. The molecule has 0 amide bonds. The fourth-order valence-corrected chi connectivity index (χ4v) is 8.51. The van der Waals surface area contributed by atoms with Gasteiger partial charge >= 0.3 is 0 Å². The lowest BCUT2D eigenvalue weighted by Crippen LogP contribution is -2.22. The molecule has 2 aromatic rings. The van der Waals surface area contributed by atoms with Crippen LogP contribution in [0.1, 0.15) is 51.7 Å². The van der Waals surface area contributed by atoms with Crippen molar-refractivity contribution < 1.29 is 0 Å². The van der Waals surface area contributed by atoms with E-state index in [1.54, 1.807) is 0 Å². The molecule has 0 unspecified atom stereocenters. The van der Waals surface area contributed by atoms with Crippen LogP contribution in [0.5, 0.6) is 0 Å². The normalized spacial score (nSPS) is 18.4. The van der Waals surface area contributed by atoms with Crippen LogP contribution in [0, 0.1) is 0 Å². The first-order valence-electron chi connectivity index (χ1n) is 12.4. The minimum Gasteiger partial charge on any atom is -0.126 e. The van der Waals surface area contributed by atoms with Crippen LogP contribution in [0.3, 0.4) is 0 Å². The summed E-state index contributed by atoms with van der Waals surface area (Å²) in [6, 6.07) is 28.0. The Labute approximate surface area is 212 Å². The molecule has 172 valence electrons. The molecule has 2 aliphatic carbocycles. The van der Waals surface area contributed by atoms with E-state index in [0.717, 1.165) is 0 Å². The molecule has 0 spiro atoms. The molecular weight excluding hydrogens is 448 g/mol. The average molecular weight is 481 g/mol. The van der Waals surface area contributed by atoms with E-state index in [4.69, 9.17) is 0 Å². The molecule has 2 heteroatoms. The van der Waals surface area contributed by atoms with Crippen molar-refractivity contribution in [2.24, 2.45) is 0 Å². The number of rotatable bonds is 2. The topological polar surface area (TPSA) is 0 Å². The van der Waals surface area contributed by atoms with Crippen molar-refractivity contribution in [3.8, 4) is 33.4 Å². The van der Waals surface area contributed by atoms with E-state index in [2.05, 4.69) is 100 Å². The van der Waals surface area contributed by atoms with Gasteiger partial charge in [-0.3, -0.25) is 0 Å². The predicted octanol–water partition coefficient (Wildman–Crippen LogP) is 9.67. The summed E-state index contributed by atoms with van der Waals surface area (Å²) in [5.74, 6) is 2.43. The summed E-state index contributed by atoms with van der Waals surface area (Å²) in [6.45, 7) is 9.58. The number of fused-ring (bicyclic) bond motifs is 3. The van der Waals surface area contributed by atoms with Gasteiger partial charge in [0.2, 0.25) is 0 Å². The van der Waals surface area contributed by atoms with Crippen molar-refractivity contribution in [1.29, 1.82) is 0 Å². The molecule has 2 heterocycles. The highest BCUT2D eigenvalue weighted by atomic mass is 32.2. The number of hydrogen-bond acceptors (Lipinski definition) is 2. The SMILES string of the molecule is CC1(C)CCSc2ccc(-c3ccc(-c4ccc5c(c4)C(C)(C)CCS5)c4cccc-4c3)cc21. The van der Waals surface area contributed by atoms with Crippen molar-refractivity contribution in [2.75, 3.05) is 11.5 Å². The predicted molar refractivity (Wildman–Crippen MR) is 151 cm³/mol. The lowest BCUT2D eigenvalue weighted by Gasteiger charge is -2.32. The Morgan fingerprint density at radius 3 is 1.71 bits per heavy atom. The minimum atomic E-state index is 0.234. The van der Waals surface area contributed by atoms with Gasteiger partial charge in [0.1, 0.15) is 0 Å². The van der Waals surface area contributed by atoms with Gasteiger partial charge in [0.15, 0.2) is 0 Å². The fraction of sp³-hybridized carbons (Fsp3) is 0.312. The molecular formula is C32H32S2. The van der Waals surface area contributed by atoms with Crippen LogP contribution in [0.2, 0.25) is 0 Å². The molecule has 6 rings (SSSR count). The van der Waals surface area contributed by atoms with Crippen molar-refractivity contribution >= 4 is 23.5 Å². The molecule has 0 fully saturated rings. The van der Waals surface area contributed by atoms with Gasteiger partial charge in [-0.1, -0.05) is 70.2 Å². The molecule has 0 saturated carbocycles. The highest BCUT2D eigenvalue weighted by molar-refractivity contribution is 7.99. The summed E-state index contributed by atoms with van der Waals surface area (Å²) in [4.78, 5) is 2.91. The quantitative estimate of drug-likeness (QED) is 0.280. The van der Waals surface area contributed by atoms with Crippen LogP contribution in [0.15, 0.2) is 82.6 Å². The fourth-order valence-electron chi connectivity index (χ4n) is 5.53. The Kier molecular flexibility index (Phi) is 5.39. The second kappa shape index (κ2) is 8.21. The lowest BCUT2D eigenvalue weighted by molar-refractivity contribution is 0.494. The molecule has 0 bridgehead atoms. The zero-order valence-electron chi connectivity index (χ0n) is 20.6.